The van der Waals surface area contributed by atoms with Crippen molar-refractivity contribution in [1.29, 1.82) is 0 Å². The molecule has 1 spiro atoms. The van der Waals surface area contributed by atoms with Gasteiger partial charge in [0, 0.05) is 38.6 Å². The number of hydrogen-bond acceptors (Lipinski definition) is 6. The number of carbonyl (C=O) groups excluding carboxylic acids is 3. The van der Waals surface area contributed by atoms with E-state index < -0.39 is 11.6 Å². The average molecular weight is 420 g/mol. The summed E-state index contributed by atoms with van der Waals surface area (Å²) in [6, 6.07) is 9.00. The molecule has 160 valence electrons. The van der Waals surface area contributed by atoms with E-state index in [9.17, 15) is 14.4 Å². The highest BCUT2D eigenvalue weighted by atomic mass is 16.2. The third-order valence-corrected chi connectivity index (χ3v) is 6.41. The Labute approximate surface area is 180 Å². The molecule has 1 aromatic carbocycles. The number of nitrogens with zero attached hydrogens (tertiary/aromatic N) is 5. The second-order valence-electron chi connectivity index (χ2n) is 8.15. The fourth-order valence-corrected chi connectivity index (χ4v) is 4.80. The van der Waals surface area contributed by atoms with Crippen molar-refractivity contribution in [2.45, 2.75) is 24.8 Å². The highest BCUT2D eigenvalue weighted by molar-refractivity contribution is 6.09. The number of carbonyl (C=O) groups is 3. The van der Waals surface area contributed by atoms with Crippen LogP contribution in [0.4, 0.5) is 10.7 Å². The first-order valence-electron chi connectivity index (χ1n) is 10.6. The Kier molecular flexibility index (Phi) is 4.80. The highest BCUT2D eigenvalue weighted by Crippen LogP contribution is 2.39. The maximum absolute atomic E-state index is 13.4. The number of aromatic nitrogens is 2. The monoisotopic (exact) mass is 420 g/mol. The second-order valence-corrected chi connectivity index (χ2v) is 8.15. The number of amides is 4. The third-order valence-electron chi connectivity index (χ3n) is 6.41. The molecule has 9 heteroatoms. The lowest BCUT2D eigenvalue weighted by Crippen LogP contribution is -2.52. The van der Waals surface area contributed by atoms with Crippen LogP contribution >= 0.6 is 0 Å². The fraction of sp³-hybridized carbons (Fsp3) is 0.409. The molecule has 1 aliphatic carbocycles. The Bertz CT molecular complexity index is 1020. The number of piperazine rings is 1. The van der Waals surface area contributed by atoms with Gasteiger partial charge in [0.25, 0.3) is 5.91 Å². The van der Waals surface area contributed by atoms with Crippen LogP contribution in [0.3, 0.4) is 0 Å². The molecule has 2 saturated heterocycles. The number of fused-ring (bicyclic) bond motifs is 2. The number of aryl methyl sites for hydroxylation is 1. The minimum Gasteiger partial charge on any atom is -0.338 e. The summed E-state index contributed by atoms with van der Waals surface area (Å²) in [6.45, 7) is 1.96. The maximum Gasteiger partial charge on any atom is 0.325 e. The Balaban J connectivity index is 1.27. The van der Waals surface area contributed by atoms with Gasteiger partial charge in [-0.25, -0.2) is 14.8 Å². The number of anilines is 1. The molecule has 2 fully saturated rings. The molecule has 2 aliphatic heterocycles. The number of imide groups is 1. The van der Waals surface area contributed by atoms with Crippen molar-refractivity contribution < 1.29 is 14.4 Å². The van der Waals surface area contributed by atoms with Crippen LogP contribution in [-0.4, -0.2) is 70.3 Å². The van der Waals surface area contributed by atoms with E-state index in [1.807, 2.05) is 29.2 Å². The third kappa shape index (κ3) is 3.30. The van der Waals surface area contributed by atoms with Crippen molar-refractivity contribution in [3.05, 3.63) is 53.9 Å². The van der Waals surface area contributed by atoms with Gasteiger partial charge in [0.2, 0.25) is 11.9 Å². The lowest BCUT2D eigenvalue weighted by atomic mass is 9.76. The Morgan fingerprint density at radius 3 is 2.55 bits per heavy atom. The van der Waals surface area contributed by atoms with E-state index in [-0.39, 0.29) is 18.4 Å². The standard InChI is InChI=1S/C22H24N6O3/c29-18(26-11-13-27(14-12-26)20-23-9-4-10-24-20)15-28-19(30)22(25-21(28)31)8-3-6-16-5-1-2-7-17(16)22/h1-2,4-5,7,9-10H,3,6,8,11-15H2,(H,25,31)/t22-/m0/s1. The molecule has 1 N–H and O–H groups in total. The molecule has 0 unspecified atom stereocenters. The lowest BCUT2D eigenvalue weighted by Gasteiger charge is -2.35. The van der Waals surface area contributed by atoms with Gasteiger partial charge in [0.1, 0.15) is 12.1 Å². The summed E-state index contributed by atoms with van der Waals surface area (Å²) in [5.74, 6) is 0.0919. The summed E-state index contributed by atoms with van der Waals surface area (Å²) in [5.41, 5.74) is 0.885. The van der Waals surface area contributed by atoms with Crippen molar-refractivity contribution in [2.75, 3.05) is 37.6 Å². The molecule has 5 rings (SSSR count). The minimum absolute atomic E-state index is 0.224. The summed E-state index contributed by atoms with van der Waals surface area (Å²) in [7, 11) is 0. The Morgan fingerprint density at radius 1 is 1.03 bits per heavy atom. The first-order valence-corrected chi connectivity index (χ1v) is 10.6. The summed E-state index contributed by atoms with van der Waals surface area (Å²) in [4.78, 5) is 52.3. The molecule has 1 atom stereocenters. The SMILES string of the molecule is O=C(CN1C(=O)N[C@]2(CCCc3ccccc32)C1=O)N1CCN(c2ncccn2)CC1. The van der Waals surface area contributed by atoms with Gasteiger partial charge in [-0.05, 0) is 36.5 Å². The van der Waals surface area contributed by atoms with Crippen molar-refractivity contribution in [3.63, 3.8) is 0 Å². The van der Waals surface area contributed by atoms with Gasteiger partial charge >= 0.3 is 6.03 Å². The number of benzene rings is 1. The summed E-state index contributed by atoms with van der Waals surface area (Å²) in [5, 5.41) is 2.90. The van der Waals surface area contributed by atoms with E-state index >= 15 is 0 Å². The van der Waals surface area contributed by atoms with Crippen LogP contribution in [0.15, 0.2) is 42.7 Å². The van der Waals surface area contributed by atoms with E-state index in [0.29, 0.717) is 38.5 Å². The fourth-order valence-electron chi connectivity index (χ4n) is 4.80. The Hall–Kier alpha value is -3.49. The van der Waals surface area contributed by atoms with Gasteiger partial charge in [0.05, 0.1) is 0 Å². The van der Waals surface area contributed by atoms with Gasteiger partial charge < -0.3 is 15.1 Å². The molecule has 3 heterocycles. The number of rotatable bonds is 3. The van der Waals surface area contributed by atoms with Gasteiger partial charge in [-0.15, -0.1) is 0 Å². The maximum atomic E-state index is 13.4. The minimum atomic E-state index is -1.05. The summed E-state index contributed by atoms with van der Waals surface area (Å²) >= 11 is 0. The predicted molar refractivity (Wildman–Crippen MR) is 112 cm³/mol. The molecular formula is C22H24N6O3. The van der Waals surface area contributed by atoms with E-state index in [4.69, 9.17) is 0 Å². The van der Waals surface area contributed by atoms with Crippen LogP contribution in [-0.2, 0) is 21.5 Å². The number of nitrogens with one attached hydrogen (secondary N) is 1. The summed E-state index contributed by atoms with van der Waals surface area (Å²) in [6.07, 6.45) is 5.63. The average Bonchev–Trinajstić information content (AvgIpc) is 3.04. The molecule has 9 nitrogen and oxygen atoms in total. The van der Waals surface area contributed by atoms with Crippen LogP contribution in [0.5, 0.6) is 0 Å². The smallest absolute Gasteiger partial charge is 0.325 e. The van der Waals surface area contributed by atoms with Crippen molar-refractivity contribution >= 4 is 23.8 Å². The van der Waals surface area contributed by atoms with Gasteiger partial charge in [-0.3, -0.25) is 14.5 Å². The number of hydrogen-bond donors (Lipinski definition) is 1. The zero-order chi connectivity index (χ0) is 21.4. The largest absolute Gasteiger partial charge is 0.338 e. The molecule has 0 radical (unpaired) electrons. The second kappa shape index (κ2) is 7.64. The first kappa shape index (κ1) is 19.5. The van der Waals surface area contributed by atoms with Gasteiger partial charge in [-0.1, -0.05) is 24.3 Å². The lowest BCUT2D eigenvalue weighted by molar-refractivity contribution is -0.139. The molecule has 0 saturated carbocycles. The molecule has 1 aromatic heterocycles. The molecule has 4 amide bonds. The molecule has 0 bridgehead atoms. The zero-order valence-corrected chi connectivity index (χ0v) is 17.2. The van der Waals surface area contributed by atoms with Crippen LogP contribution in [0.1, 0.15) is 24.0 Å². The van der Waals surface area contributed by atoms with E-state index in [1.165, 1.54) is 0 Å². The van der Waals surface area contributed by atoms with Gasteiger partial charge in [0.15, 0.2) is 0 Å². The van der Waals surface area contributed by atoms with Crippen molar-refractivity contribution in [1.82, 2.24) is 25.1 Å². The first-order chi connectivity index (χ1) is 15.1. The summed E-state index contributed by atoms with van der Waals surface area (Å²) < 4.78 is 0. The molecule has 3 aliphatic rings. The highest BCUT2D eigenvalue weighted by Gasteiger charge is 2.54. The van der Waals surface area contributed by atoms with Crippen LogP contribution in [0, 0.1) is 0 Å². The normalized spacial score (nSPS) is 23.2. The van der Waals surface area contributed by atoms with Crippen LogP contribution < -0.4 is 10.2 Å². The predicted octanol–water partition coefficient (Wildman–Crippen LogP) is 0.909. The van der Waals surface area contributed by atoms with Crippen molar-refractivity contribution in [2.24, 2.45) is 0 Å². The van der Waals surface area contributed by atoms with Crippen LogP contribution in [0.2, 0.25) is 0 Å². The van der Waals surface area contributed by atoms with Crippen LogP contribution in [0.25, 0.3) is 0 Å². The number of urea groups is 1. The van der Waals surface area contributed by atoms with E-state index in [2.05, 4.69) is 15.3 Å². The van der Waals surface area contributed by atoms with Gasteiger partial charge in [-0.2, -0.15) is 0 Å². The quantitative estimate of drug-likeness (QED) is 0.741. The molecular weight excluding hydrogens is 396 g/mol. The molecule has 2 aromatic rings. The Morgan fingerprint density at radius 2 is 1.77 bits per heavy atom. The zero-order valence-electron chi connectivity index (χ0n) is 17.2. The van der Waals surface area contributed by atoms with Crippen molar-refractivity contribution in [3.8, 4) is 0 Å². The topological polar surface area (TPSA) is 98.7 Å². The van der Waals surface area contributed by atoms with E-state index in [1.54, 1.807) is 23.4 Å². The van der Waals surface area contributed by atoms with E-state index in [0.717, 1.165) is 28.9 Å². The molecule has 31 heavy (non-hydrogen) atoms.